The van der Waals surface area contributed by atoms with Crippen molar-refractivity contribution in [3.8, 4) is 12.3 Å². The fraction of sp³-hybridized carbons (Fsp3) is 0.633. The number of ether oxygens (including phenoxy) is 1. The van der Waals surface area contributed by atoms with Gasteiger partial charge in [-0.25, -0.2) is 4.79 Å². The van der Waals surface area contributed by atoms with Crippen LogP contribution >= 0.6 is 0 Å². The van der Waals surface area contributed by atoms with E-state index in [9.17, 15) is 14.4 Å². The number of hydrogen-bond acceptors (Lipinski definition) is 4. The Bertz CT molecular complexity index is 924. The number of terminal acetylenes is 1. The van der Waals surface area contributed by atoms with Gasteiger partial charge in [0, 0.05) is 18.2 Å². The predicted molar refractivity (Wildman–Crippen MR) is 147 cm³/mol. The van der Waals surface area contributed by atoms with Gasteiger partial charge in [-0.2, -0.15) is 0 Å². The van der Waals surface area contributed by atoms with E-state index in [1.165, 1.54) is 6.42 Å². The summed E-state index contributed by atoms with van der Waals surface area (Å²) >= 11 is 0. The summed E-state index contributed by atoms with van der Waals surface area (Å²) in [5, 5.41) is 5.86. The Morgan fingerprint density at radius 3 is 2.30 bits per heavy atom. The van der Waals surface area contributed by atoms with Crippen LogP contribution in [0.1, 0.15) is 110 Å². The van der Waals surface area contributed by atoms with Gasteiger partial charge < -0.3 is 20.3 Å². The number of unbranched alkanes of at least 4 members (excludes halogenated alkanes) is 3. The van der Waals surface area contributed by atoms with E-state index in [-0.39, 0.29) is 17.9 Å². The summed E-state index contributed by atoms with van der Waals surface area (Å²) in [6.45, 7) is 9.46. The maximum atomic E-state index is 13.8. The first kappa shape index (κ1) is 30.2. The number of benzene rings is 1. The third kappa shape index (κ3) is 10.1. The van der Waals surface area contributed by atoms with Crippen LogP contribution < -0.4 is 10.6 Å². The summed E-state index contributed by atoms with van der Waals surface area (Å²) < 4.78 is 5.35. The van der Waals surface area contributed by atoms with E-state index < -0.39 is 23.8 Å². The lowest BCUT2D eigenvalue weighted by Crippen LogP contribution is -2.53. The Balaban J connectivity index is 2.36. The molecule has 2 unspecified atom stereocenters. The van der Waals surface area contributed by atoms with Crippen molar-refractivity contribution in [1.29, 1.82) is 0 Å². The van der Waals surface area contributed by atoms with E-state index in [2.05, 4.69) is 23.5 Å². The van der Waals surface area contributed by atoms with E-state index in [1.807, 2.05) is 12.1 Å². The third-order valence-corrected chi connectivity index (χ3v) is 6.54. The van der Waals surface area contributed by atoms with Crippen molar-refractivity contribution in [2.45, 2.75) is 116 Å². The zero-order valence-corrected chi connectivity index (χ0v) is 23.3. The van der Waals surface area contributed by atoms with Crippen LogP contribution in [0.3, 0.4) is 0 Å². The number of amides is 3. The Hall–Kier alpha value is -3.01. The van der Waals surface area contributed by atoms with Crippen LogP contribution in [0, 0.1) is 12.3 Å². The Morgan fingerprint density at radius 1 is 1.08 bits per heavy atom. The molecule has 1 fully saturated rings. The van der Waals surface area contributed by atoms with Crippen LogP contribution in [-0.4, -0.2) is 47.0 Å². The molecule has 0 saturated heterocycles. The van der Waals surface area contributed by atoms with Gasteiger partial charge in [0.2, 0.25) is 11.8 Å². The Labute approximate surface area is 223 Å². The lowest BCUT2D eigenvalue weighted by molar-refractivity contribution is -0.142. The second-order valence-corrected chi connectivity index (χ2v) is 11.0. The van der Waals surface area contributed by atoms with E-state index >= 15 is 0 Å². The van der Waals surface area contributed by atoms with E-state index in [1.54, 1.807) is 44.7 Å². The van der Waals surface area contributed by atoms with Gasteiger partial charge in [0.1, 0.15) is 17.7 Å². The molecular formula is C30H45N3O4. The minimum atomic E-state index is -0.865. The highest BCUT2D eigenvalue weighted by Crippen LogP contribution is 2.26. The molecule has 2 rings (SSSR count). The normalized spacial score (nSPS) is 15.7. The molecule has 2 N–H and O–H groups in total. The number of nitrogens with zero attached hydrogens (tertiary/aromatic N) is 1. The largest absolute Gasteiger partial charge is 0.444 e. The first-order chi connectivity index (χ1) is 17.6. The average Bonchev–Trinajstić information content (AvgIpc) is 2.85. The van der Waals surface area contributed by atoms with Crippen LogP contribution in [0.5, 0.6) is 0 Å². The lowest BCUT2D eigenvalue weighted by atomic mass is 9.94. The molecule has 37 heavy (non-hydrogen) atoms. The predicted octanol–water partition coefficient (Wildman–Crippen LogP) is 5.48. The molecule has 0 radical (unpaired) electrons. The monoisotopic (exact) mass is 511 g/mol. The van der Waals surface area contributed by atoms with Gasteiger partial charge in [0.25, 0.3) is 0 Å². The molecule has 2 atom stereocenters. The molecule has 7 heteroatoms. The zero-order chi connectivity index (χ0) is 27.4. The minimum Gasteiger partial charge on any atom is -0.444 e. The molecule has 1 aliphatic rings. The molecule has 7 nitrogen and oxygen atoms in total. The highest BCUT2D eigenvalue weighted by molar-refractivity contribution is 5.92. The maximum absolute atomic E-state index is 13.8. The highest BCUT2D eigenvalue weighted by atomic mass is 16.6. The average molecular weight is 512 g/mol. The first-order valence-electron chi connectivity index (χ1n) is 13.7. The summed E-state index contributed by atoms with van der Waals surface area (Å²) in [5.74, 6) is 2.08. The minimum absolute atomic E-state index is 0.100. The van der Waals surface area contributed by atoms with Crippen LogP contribution in [0.2, 0.25) is 0 Å². The molecule has 0 spiro atoms. The van der Waals surface area contributed by atoms with Crippen molar-refractivity contribution >= 4 is 17.9 Å². The molecule has 0 aromatic heterocycles. The SMILES string of the molecule is C#Cc1ccc(C(C(=O)NC2CCCCC2)N(CCCCCC)C(=O)C(C)NC(=O)OC(C)(C)C)cc1. The number of nitrogens with one attached hydrogen (secondary N) is 2. The number of hydrogen-bond donors (Lipinski definition) is 2. The standard InChI is InChI=1S/C30H45N3O4/c1-7-9-10-14-21-33(28(35)22(3)31-29(36)37-30(4,5)6)26(24-19-17-23(8-2)18-20-24)27(34)32-25-15-12-11-13-16-25/h2,17-20,22,25-26H,7,9-16,21H2,1,3-6H3,(H,31,36)(H,32,34). The zero-order valence-electron chi connectivity index (χ0n) is 23.3. The Morgan fingerprint density at radius 2 is 1.73 bits per heavy atom. The fourth-order valence-corrected chi connectivity index (χ4v) is 4.63. The molecule has 1 aromatic carbocycles. The quantitative estimate of drug-likeness (QED) is 0.304. The molecular weight excluding hydrogens is 466 g/mol. The maximum Gasteiger partial charge on any atom is 0.408 e. The van der Waals surface area contributed by atoms with Gasteiger partial charge in [0.05, 0.1) is 0 Å². The number of carbonyl (C=O) groups is 3. The van der Waals surface area contributed by atoms with Crippen molar-refractivity contribution in [3.05, 3.63) is 35.4 Å². The van der Waals surface area contributed by atoms with Gasteiger partial charge in [-0.3, -0.25) is 9.59 Å². The van der Waals surface area contributed by atoms with Crippen molar-refractivity contribution in [2.24, 2.45) is 0 Å². The van der Waals surface area contributed by atoms with E-state index in [4.69, 9.17) is 11.2 Å². The van der Waals surface area contributed by atoms with Crippen molar-refractivity contribution in [3.63, 3.8) is 0 Å². The molecule has 1 saturated carbocycles. The van der Waals surface area contributed by atoms with Gasteiger partial charge >= 0.3 is 6.09 Å². The molecule has 0 bridgehead atoms. The topological polar surface area (TPSA) is 87.7 Å². The number of alkyl carbamates (subject to hydrolysis) is 1. The lowest BCUT2D eigenvalue weighted by Gasteiger charge is -2.35. The van der Waals surface area contributed by atoms with Crippen LogP contribution in [0.4, 0.5) is 4.79 Å². The molecule has 1 aromatic rings. The summed E-state index contributed by atoms with van der Waals surface area (Å²) in [6.07, 6.45) is 13.9. The summed E-state index contributed by atoms with van der Waals surface area (Å²) in [5.41, 5.74) is 0.713. The van der Waals surface area contributed by atoms with Crippen molar-refractivity contribution < 1.29 is 19.1 Å². The smallest absolute Gasteiger partial charge is 0.408 e. The van der Waals surface area contributed by atoms with Crippen LogP contribution in [0.25, 0.3) is 0 Å². The summed E-state index contributed by atoms with van der Waals surface area (Å²) in [6, 6.07) is 5.62. The van der Waals surface area contributed by atoms with Gasteiger partial charge in [0.15, 0.2) is 0 Å². The highest BCUT2D eigenvalue weighted by Gasteiger charge is 2.35. The van der Waals surface area contributed by atoms with Crippen molar-refractivity contribution in [2.75, 3.05) is 6.54 Å². The summed E-state index contributed by atoms with van der Waals surface area (Å²) in [4.78, 5) is 41.6. The number of carbonyl (C=O) groups excluding carboxylic acids is 3. The fourth-order valence-electron chi connectivity index (χ4n) is 4.63. The van der Waals surface area contributed by atoms with E-state index in [0.717, 1.165) is 51.4 Å². The second kappa shape index (κ2) is 14.7. The van der Waals surface area contributed by atoms with Gasteiger partial charge in [-0.15, -0.1) is 6.42 Å². The molecule has 204 valence electrons. The molecule has 3 amide bonds. The van der Waals surface area contributed by atoms with Gasteiger partial charge in [-0.05, 0) is 64.7 Å². The molecule has 0 aliphatic heterocycles. The van der Waals surface area contributed by atoms with E-state index in [0.29, 0.717) is 17.7 Å². The number of rotatable bonds is 11. The Kier molecular flexibility index (Phi) is 12.0. The molecule has 0 heterocycles. The van der Waals surface area contributed by atoms with Crippen LogP contribution in [0.15, 0.2) is 24.3 Å². The third-order valence-electron chi connectivity index (χ3n) is 6.54. The molecule has 1 aliphatic carbocycles. The first-order valence-corrected chi connectivity index (χ1v) is 13.7. The van der Waals surface area contributed by atoms with Gasteiger partial charge in [-0.1, -0.05) is 63.5 Å². The summed E-state index contributed by atoms with van der Waals surface area (Å²) in [7, 11) is 0. The second-order valence-electron chi connectivity index (χ2n) is 11.0. The van der Waals surface area contributed by atoms with Crippen LogP contribution in [-0.2, 0) is 14.3 Å². The van der Waals surface area contributed by atoms with Crippen molar-refractivity contribution in [1.82, 2.24) is 15.5 Å².